The van der Waals surface area contributed by atoms with E-state index in [1.165, 1.54) is 24.5 Å². The third kappa shape index (κ3) is 2.97. The van der Waals surface area contributed by atoms with E-state index in [1.54, 1.807) is 34.9 Å². The second kappa shape index (κ2) is 6.74. The van der Waals surface area contributed by atoms with Gasteiger partial charge in [0.2, 0.25) is 0 Å². The molecule has 8 heteroatoms. The van der Waals surface area contributed by atoms with Crippen molar-refractivity contribution in [1.29, 1.82) is 5.26 Å². The van der Waals surface area contributed by atoms with Crippen LogP contribution in [0.1, 0.15) is 5.69 Å². The van der Waals surface area contributed by atoms with E-state index in [0.29, 0.717) is 22.1 Å². The summed E-state index contributed by atoms with van der Waals surface area (Å²) in [5, 5.41) is 14.1. The molecule has 2 heterocycles. The Morgan fingerprint density at radius 3 is 3.04 bits per heavy atom. The van der Waals surface area contributed by atoms with Crippen LogP contribution in [0.5, 0.6) is 5.75 Å². The number of halogens is 1. The predicted molar refractivity (Wildman–Crippen MR) is 93.3 cm³/mol. The van der Waals surface area contributed by atoms with Crippen molar-refractivity contribution in [2.24, 2.45) is 0 Å². The van der Waals surface area contributed by atoms with E-state index >= 15 is 0 Å². The molecule has 0 aliphatic rings. The number of carbonyl (C=O) groups is 1. The number of hydrogen-bond acceptors (Lipinski definition) is 5. The molecule has 3 aromatic rings. The molecule has 120 valence electrons. The minimum Gasteiger partial charge on any atom is -0.495 e. The molecule has 2 aromatic heterocycles. The van der Waals surface area contributed by atoms with Crippen LogP contribution < -0.4 is 10.1 Å². The molecule has 0 bridgehead atoms. The van der Waals surface area contributed by atoms with Crippen LogP contribution in [0.4, 0.5) is 5.69 Å². The quantitative estimate of drug-likeness (QED) is 0.570. The summed E-state index contributed by atoms with van der Waals surface area (Å²) >= 11 is 7.50. The van der Waals surface area contributed by atoms with Gasteiger partial charge >= 0.3 is 0 Å². The van der Waals surface area contributed by atoms with Crippen LogP contribution in [0.2, 0.25) is 5.15 Å². The van der Waals surface area contributed by atoms with Gasteiger partial charge in [-0.3, -0.25) is 9.20 Å². The molecule has 0 radical (unpaired) electrons. The molecule has 0 aliphatic carbocycles. The fourth-order valence-corrected chi connectivity index (χ4v) is 3.13. The van der Waals surface area contributed by atoms with Crippen LogP contribution in [0.3, 0.4) is 0 Å². The van der Waals surface area contributed by atoms with Gasteiger partial charge in [-0.05, 0) is 18.2 Å². The molecular weight excluding hydrogens is 348 g/mol. The monoisotopic (exact) mass is 358 g/mol. The first-order valence-corrected chi connectivity index (χ1v) is 8.07. The molecule has 0 fully saturated rings. The first-order chi connectivity index (χ1) is 11.6. The number of fused-ring (bicyclic) bond motifs is 1. The van der Waals surface area contributed by atoms with Crippen molar-refractivity contribution in [2.45, 2.75) is 0 Å². The molecule has 0 spiro atoms. The Morgan fingerprint density at radius 1 is 1.50 bits per heavy atom. The zero-order chi connectivity index (χ0) is 17.1. The summed E-state index contributed by atoms with van der Waals surface area (Å²) in [4.78, 5) is 17.3. The standard InChI is InChI=1S/C16H11ClN4O2S/c1-23-13-5-3-2-4-11(13)19-15(22)10(9-18)8-12-14(17)20-16-21(12)6-7-24-16/h2-8H,1H3,(H,19,22)/b10-8+. The summed E-state index contributed by atoms with van der Waals surface area (Å²) in [6.45, 7) is 0. The van der Waals surface area contributed by atoms with E-state index < -0.39 is 5.91 Å². The first-order valence-electron chi connectivity index (χ1n) is 6.81. The van der Waals surface area contributed by atoms with E-state index in [9.17, 15) is 10.1 Å². The van der Waals surface area contributed by atoms with Crippen LogP contribution in [0.15, 0.2) is 41.4 Å². The predicted octanol–water partition coefficient (Wildman–Crippen LogP) is 3.60. The number of methoxy groups -OCH3 is 1. The third-order valence-corrected chi connectivity index (χ3v) is 4.29. The van der Waals surface area contributed by atoms with E-state index in [2.05, 4.69) is 10.3 Å². The smallest absolute Gasteiger partial charge is 0.266 e. The summed E-state index contributed by atoms with van der Waals surface area (Å²) in [6.07, 6.45) is 3.19. The number of carbonyl (C=O) groups excluding carboxylic acids is 1. The van der Waals surface area contributed by atoms with Crippen molar-refractivity contribution in [3.8, 4) is 11.8 Å². The van der Waals surface area contributed by atoms with Crippen molar-refractivity contribution in [3.05, 3.63) is 52.3 Å². The van der Waals surface area contributed by atoms with Crippen LogP contribution in [-0.2, 0) is 4.79 Å². The normalized spacial score (nSPS) is 11.3. The number of nitrogens with one attached hydrogen (secondary N) is 1. The van der Waals surface area contributed by atoms with Crippen molar-refractivity contribution in [2.75, 3.05) is 12.4 Å². The highest BCUT2D eigenvalue weighted by Crippen LogP contribution is 2.25. The SMILES string of the molecule is COc1ccccc1NC(=O)/C(C#N)=C/c1c(Cl)nc2sccn12. The molecule has 1 amide bonds. The molecule has 0 aliphatic heterocycles. The molecule has 3 rings (SSSR count). The third-order valence-electron chi connectivity index (χ3n) is 3.26. The van der Waals surface area contributed by atoms with Crippen molar-refractivity contribution in [1.82, 2.24) is 9.38 Å². The highest BCUT2D eigenvalue weighted by Gasteiger charge is 2.15. The number of anilines is 1. The minimum atomic E-state index is -0.553. The number of ether oxygens (including phenoxy) is 1. The van der Waals surface area contributed by atoms with Gasteiger partial charge in [0.25, 0.3) is 5.91 Å². The number of rotatable bonds is 4. The average Bonchev–Trinajstić information content (AvgIpc) is 3.14. The van der Waals surface area contributed by atoms with E-state index in [4.69, 9.17) is 16.3 Å². The summed E-state index contributed by atoms with van der Waals surface area (Å²) in [7, 11) is 1.51. The van der Waals surface area contributed by atoms with Gasteiger partial charge in [-0.1, -0.05) is 23.7 Å². The van der Waals surface area contributed by atoms with Gasteiger partial charge in [-0.2, -0.15) is 5.26 Å². The number of nitriles is 1. The van der Waals surface area contributed by atoms with Crippen LogP contribution in [0.25, 0.3) is 11.0 Å². The second-order valence-corrected chi connectivity index (χ2v) is 5.90. The average molecular weight is 359 g/mol. The fourth-order valence-electron chi connectivity index (χ4n) is 2.13. The van der Waals surface area contributed by atoms with Gasteiger partial charge in [-0.15, -0.1) is 11.3 Å². The maximum absolute atomic E-state index is 12.4. The number of aromatic nitrogens is 2. The largest absolute Gasteiger partial charge is 0.495 e. The maximum Gasteiger partial charge on any atom is 0.266 e. The summed E-state index contributed by atoms with van der Waals surface area (Å²) in [5.41, 5.74) is 0.877. The Kier molecular flexibility index (Phi) is 4.51. The van der Waals surface area contributed by atoms with Gasteiger partial charge in [0.1, 0.15) is 17.4 Å². The van der Waals surface area contributed by atoms with Crippen LogP contribution in [-0.4, -0.2) is 22.4 Å². The molecule has 0 saturated carbocycles. The Balaban J connectivity index is 1.94. The Morgan fingerprint density at radius 2 is 2.29 bits per heavy atom. The zero-order valence-electron chi connectivity index (χ0n) is 12.5. The molecular formula is C16H11ClN4O2S. The van der Waals surface area contributed by atoms with Crippen molar-refractivity contribution < 1.29 is 9.53 Å². The Labute approximate surface area is 146 Å². The highest BCUT2D eigenvalue weighted by molar-refractivity contribution is 7.15. The maximum atomic E-state index is 12.4. The number of para-hydroxylation sites is 2. The lowest BCUT2D eigenvalue weighted by atomic mass is 10.2. The summed E-state index contributed by atoms with van der Waals surface area (Å²) in [6, 6.07) is 8.85. The molecule has 1 N–H and O–H groups in total. The summed E-state index contributed by atoms with van der Waals surface area (Å²) in [5.74, 6) is -0.0472. The molecule has 0 atom stereocenters. The lowest BCUT2D eigenvalue weighted by Crippen LogP contribution is -2.14. The molecule has 6 nitrogen and oxygen atoms in total. The Bertz CT molecular complexity index is 984. The molecule has 0 unspecified atom stereocenters. The van der Waals surface area contributed by atoms with Gasteiger partial charge in [0.05, 0.1) is 18.5 Å². The van der Waals surface area contributed by atoms with Crippen molar-refractivity contribution >= 4 is 45.6 Å². The van der Waals surface area contributed by atoms with Crippen molar-refractivity contribution in [3.63, 3.8) is 0 Å². The van der Waals surface area contributed by atoms with Gasteiger partial charge in [0, 0.05) is 11.6 Å². The lowest BCUT2D eigenvalue weighted by molar-refractivity contribution is -0.112. The highest BCUT2D eigenvalue weighted by atomic mass is 35.5. The Hall–Kier alpha value is -2.82. The van der Waals surface area contributed by atoms with Gasteiger partial charge in [0.15, 0.2) is 10.1 Å². The molecule has 0 saturated heterocycles. The van der Waals surface area contributed by atoms with Gasteiger partial charge in [-0.25, -0.2) is 4.98 Å². The van der Waals surface area contributed by atoms with Crippen LogP contribution in [0, 0.1) is 11.3 Å². The molecule has 1 aromatic carbocycles. The van der Waals surface area contributed by atoms with E-state index in [1.807, 2.05) is 11.4 Å². The number of nitrogens with zero attached hydrogens (tertiary/aromatic N) is 3. The van der Waals surface area contributed by atoms with E-state index in [0.717, 1.165) is 0 Å². The fraction of sp³-hybridized carbons (Fsp3) is 0.0625. The first kappa shape index (κ1) is 16.1. The number of thiazole rings is 1. The van der Waals surface area contributed by atoms with Gasteiger partial charge < -0.3 is 10.1 Å². The minimum absolute atomic E-state index is 0.0872. The summed E-state index contributed by atoms with van der Waals surface area (Å²) < 4.78 is 6.90. The topological polar surface area (TPSA) is 79.4 Å². The zero-order valence-corrected chi connectivity index (χ0v) is 14.1. The number of hydrogen-bond donors (Lipinski definition) is 1. The van der Waals surface area contributed by atoms with E-state index in [-0.39, 0.29) is 10.7 Å². The second-order valence-electron chi connectivity index (χ2n) is 4.67. The molecule has 24 heavy (non-hydrogen) atoms. The number of benzene rings is 1. The number of imidazole rings is 1. The number of amides is 1. The lowest BCUT2D eigenvalue weighted by Gasteiger charge is -2.09. The van der Waals surface area contributed by atoms with Crippen LogP contribution >= 0.6 is 22.9 Å².